The molecule has 0 bridgehead atoms. The molecule has 1 heterocycles. The van der Waals surface area contributed by atoms with Crippen molar-refractivity contribution >= 4 is 92.0 Å². The molecule has 19 N–H and O–H groups in total. The minimum Gasteiger partial charge on any atom is -0.508 e. The molecule has 5 rings (SSSR count). The number of primary amides is 1. The van der Waals surface area contributed by atoms with Crippen LogP contribution in [0.5, 0.6) is 11.5 Å². The molecule has 1 saturated heterocycles. The van der Waals surface area contributed by atoms with E-state index in [0.29, 0.717) is 39.4 Å². The van der Waals surface area contributed by atoms with Crippen LogP contribution >= 0.6 is 33.2 Å². The lowest BCUT2D eigenvalue weighted by molar-refractivity contribution is -0.136. The number of aliphatic hydroxyl groups excluding tert-OH is 1. The first-order valence-electron chi connectivity index (χ1n) is 25.8. The number of amides is 9. The highest BCUT2D eigenvalue weighted by atomic mass is 35.5. The maximum Gasteiger partial charge on any atom is 0.245 e. The Bertz CT molecular complexity index is 2800. The number of hydrogen-bond donors (Lipinski definition) is 15. The van der Waals surface area contributed by atoms with E-state index in [0.717, 1.165) is 21.6 Å². The summed E-state index contributed by atoms with van der Waals surface area (Å²) < 4.78 is 0. The quantitative estimate of drug-likeness (QED) is 0.0374. The van der Waals surface area contributed by atoms with Gasteiger partial charge in [-0.25, -0.2) is 0 Å². The number of phenolic OH excluding ortho intramolecular Hbond substituents is 2. The van der Waals surface area contributed by atoms with Crippen LogP contribution in [0.1, 0.15) is 48.4 Å². The van der Waals surface area contributed by atoms with Crippen LogP contribution in [0.3, 0.4) is 0 Å². The summed E-state index contributed by atoms with van der Waals surface area (Å²) in [6.07, 6.45) is -1.55. The molecule has 0 spiro atoms. The third-order valence-corrected chi connectivity index (χ3v) is 15.4. The number of nitrogens with two attached hydrogens (primary N) is 4. The van der Waals surface area contributed by atoms with E-state index in [4.69, 9.17) is 34.5 Å². The molecule has 4 aromatic rings. The van der Waals surface area contributed by atoms with E-state index in [1.165, 1.54) is 55.5 Å². The summed E-state index contributed by atoms with van der Waals surface area (Å²) in [6.45, 7) is 1.13. The number of carbonyl (C=O) groups excluding carboxylic acids is 9. The highest BCUT2D eigenvalue weighted by Gasteiger charge is 2.36. The predicted octanol–water partition coefficient (Wildman–Crippen LogP) is -0.970. The SMILES string of the molecule is C[C@@H](O)[C@@H]1NC(=O)[C@H](CCCCN)NC(=O)[C@@H](Cc2ccc(NC(=O)CN)cc2)NC(=O)[C@H](Cc2ccc(O)cc2)NC(=O)[C@H](NC(=O)[C@@H](N)Cc2ccc(Cl)cc2)CSSC[C@@H](C(=O)N[C@H](Cc2ccc(O)cc2)C(N)=O)NC1=O. The fourth-order valence-corrected chi connectivity index (χ4v) is 10.6. The number of anilines is 1. The molecule has 1 aliphatic heterocycles. The summed E-state index contributed by atoms with van der Waals surface area (Å²) in [5, 5.41) is 52.4. The molecule has 4 aromatic carbocycles. The first-order chi connectivity index (χ1) is 38.6. The van der Waals surface area contributed by atoms with Crippen molar-refractivity contribution in [2.45, 2.75) is 106 Å². The Morgan fingerprint density at radius 1 is 0.654 bits per heavy atom. The average Bonchev–Trinajstić information content (AvgIpc) is 3.43. The molecular weight excluding hydrogens is 1110 g/mol. The zero-order chi connectivity index (χ0) is 59.2. The number of nitrogens with one attached hydrogen (secondary N) is 8. The molecule has 1 fully saturated rings. The van der Waals surface area contributed by atoms with E-state index < -0.39 is 108 Å². The topological polar surface area (TPSA) is 415 Å². The number of rotatable bonds is 20. The van der Waals surface area contributed by atoms with Crippen LogP contribution in [0.25, 0.3) is 0 Å². The van der Waals surface area contributed by atoms with Crippen molar-refractivity contribution in [3.63, 3.8) is 0 Å². The molecule has 436 valence electrons. The molecule has 0 saturated carbocycles. The van der Waals surface area contributed by atoms with Crippen LogP contribution in [0.15, 0.2) is 97.1 Å². The lowest BCUT2D eigenvalue weighted by atomic mass is 10.0. The van der Waals surface area contributed by atoms with Gasteiger partial charge in [0.05, 0.1) is 18.7 Å². The lowest BCUT2D eigenvalue weighted by Gasteiger charge is -2.29. The van der Waals surface area contributed by atoms with Gasteiger partial charge in [0.25, 0.3) is 0 Å². The number of unbranched alkanes of at least 4 members (excludes halogenated alkanes) is 1. The van der Waals surface area contributed by atoms with Crippen molar-refractivity contribution in [2.24, 2.45) is 22.9 Å². The largest absolute Gasteiger partial charge is 0.508 e. The molecule has 0 aliphatic carbocycles. The lowest BCUT2D eigenvalue weighted by Crippen LogP contribution is -2.62. The van der Waals surface area contributed by atoms with E-state index in [-0.39, 0.29) is 74.6 Å². The van der Waals surface area contributed by atoms with Crippen molar-refractivity contribution < 1.29 is 58.5 Å². The second kappa shape index (κ2) is 32.1. The second-order valence-electron chi connectivity index (χ2n) is 19.2. The summed E-state index contributed by atoms with van der Waals surface area (Å²) >= 11 is 6.07. The van der Waals surface area contributed by atoms with Crippen molar-refractivity contribution in [3.8, 4) is 11.5 Å². The molecule has 9 amide bonds. The number of hydrogen-bond acceptors (Lipinski definition) is 17. The Morgan fingerprint density at radius 2 is 1.16 bits per heavy atom. The van der Waals surface area contributed by atoms with Gasteiger partial charge in [0, 0.05) is 41.5 Å². The maximum absolute atomic E-state index is 14.8. The Kier molecular flexibility index (Phi) is 25.5. The molecule has 27 heteroatoms. The second-order valence-corrected chi connectivity index (χ2v) is 22.2. The molecule has 0 aromatic heterocycles. The molecule has 81 heavy (non-hydrogen) atoms. The maximum atomic E-state index is 14.8. The van der Waals surface area contributed by atoms with E-state index in [1.54, 1.807) is 48.5 Å². The van der Waals surface area contributed by atoms with E-state index in [1.807, 2.05) is 0 Å². The zero-order valence-electron chi connectivity index (χ0n) is 44.2. The fraction of sp³-hybridized carbons (Fsp3) is 0.389. The number of halogens is 1. The van der Waals surface area contributed by atoms with Gasteiger partial charge in [-0.2, -0.15) is 0 Å². The molecule has 24 nitrogen and oxygen atoms in total. The van der Waals surface area contributed by atoms with E-state index >= 15 is 0 Å². The van der Waals surface area contributed by atoms with Crippen LogP contribution < -0.4 is 65.5 Å². The standard InChI is InChI=1S/C54H69ClN12O12S2/c1-29(68)46-54(79)66-44(52(77)62-40(47(59)72)23-32-9-17-36(69)18-10-32)28-81-80-27-43(65-48(73)38(58)22-30-5-13-34(55)14-6-30)53(78)64-42(25-33-11-19-37(70)20-12-33)51(76)63-41(24-31-7-15-35(16-8-31)60-45(71)26-57)50(75)61-39(49(74)67-46)4-2-3-21-56/h5-20,29,38-44,46,68-70H,2-4,21-28,56-58H2,1H3,(H2,59,72)(H,60,71)(H,61,75)(H,62,77)(H,63,76)(H,64,78)(H,65,73)(H,66,79)(H,67,74)/t29-,38+,39+,40-,41-,42+,43-,44+,46+/m1/s1. The van der Waals surface area contributed by atoms with Crippen LogP contribution in [0, 0.1) is 0 Å². The molecule has 1 aliphatic rings. The molecular formula is C54H69ClN12O12S2. The Balaban J connectivity index is 1.58. The summed E-state index contributed by atoms with van der Waals surface area (Å²) in [5.41, 5.74) is 25.8. The summed E-state index contributed by atoms with van der Waals surface area (Å²) in [5.74, 6) is -8.51. The Labute approximate surface area is 480 Å². The van der Waals surface area contributed by atoms with E-state index in [9.17, 15) is 58.5 Å². The van der Waals surface area contributed by atoms with Crippen LogP contribution in [0.2, 0.25) is 5.02 Å². The van der Waals surface area contributed by atoms with Crippen molar-refractivity contribution in [2.75, 3.05) is 29.9 Å². The minimum absolute atomic E-state index is 0.0247. The van der Waals surface area contributed by atoms with Gasteiger partial charge in [-0.1, -0.05) is 81.7 Å². The molecule has 0 unspecified atom stereocenters. The highest BCUT2D eigenvalue weighted by molar-refractivity contribution is 8.76. The van der Waals surface area contributed by atoms with Gasteiger partial charge < -0.3 is 80.8 Å². The summed E-state index contributed by atoms with van der Waals surface area (Å²) in [4.78, 5) is 126. The number of carbonyl (C=O) groups is 9. The van der Waals surface area contributed by atoms with Crippen LogP contribution in [-0.2, 0) is 68.8 Å². The summed E-state index contributed by atoms with van der Waals surface area (Å²) in [6, 6.07) is 12.6. The average molecular weight is 1180 g/mol. The number of benzene rings is 4. The zero-order valence-corrected chi connectivity index (χ0v) is 46.6. The summed E-state index contributed by atoms with van der Waals surface area (Å²) in [7, 11) is 1.90. The number of phenols is 2. The van der Waals surface area contributed by atoms with Crippen LogP contribution in [-0.4, -0.2) is 148 Å². The normalized spacial score (nSPS) is 20.8. The first-order valence-corrected chi connectivity index (χ1v) is 28.7. The third kappa shape index (κ3) is 21.2. The van der Waals surface area contributed by atoms with Crippen molar-refractivity contribution in [1.29, 1.82) is 0 Å². The number of aromatic hydroxyl groups is 2. The van der Waals surface area contributed by atoms with Gasteiger partial charge in [0.2, 0.25) is 53.2 Å². The Morgan fingerprint density at radius 3 is 1.72 bits per heavy atom. The fourth-order valence-electron chi connectivity index (χ4n) is 8.16. The minimum atomic E-state index is -1.76. The highest BCUT2D eigenvalue weighted by Crippen LogP contribution is 2.25. The first kappa shape index (κ1) is 64.4. The van der Waals surface area contributed by atoms with Crippen molar-refractivity contribution in [1.82, 2.24) is 37.2 Å². The monoisotopic (exact) mass is 1180 g/mol. The van der Waals surface area contributed by atoms with Gasteiger partial charge in [-0.3, -0.25) is 43.2 Å². The predicted molar refractivity (Wildman–Crippen MR) is 307 cm³/mol. The van der Waals surface area contributed by atoms with Gasteiger partial charge in [-0.05, 0) is 110 Å². The molecule has 9 atom stereocenters. The van der Waals surface area contributed by atoms with Gasteiger partial charge in [-0.15, -0.1) is 0 Å². The van der Waals surface area contributed by atoms with Gasteiger partial charge in [0.15, 0.2) is 0 Å². The smallest absolute Gasteiger partial charge is 0.245 e. The van der Waals surface area contributed by atoms with Gasteiger partial charge >= 0.3 is 0 Å². The third-order valence-electron chi connectivity index (χ3n) is 12.7. The number of aliphatic hydroxyl groups is 1. The van der Waals surface area contributed by atoms with E-state index in [2.05, 4.69) is 42.5 Å². The molecule has 0 radical (unpaired) electrons. The van der Waals surface area contributed by atoms with Gasteiger partial charge in [0.1, 0.15) is 53.8 Å². The van der Waals surface area contributed by atoms with Crippen LogP contribution in [0.4, 0.5) is 5.69 Å². The Hall–Kier alpha value is -7.46. The van der Waals surface area contributed by atoms with Crippen molar-refractivity contribution in [3.05, 3.63) is 124 Å².